The highest BCUT2D eigenvalue weighted by Crippen LogP contribution is 2.12. The summed E-state index contributed by atoms with van der Waals surface area (Å²) in [6.07, 6.45) is 3.30. The van der Waals surface area contributed by atoms with Gasteiger partial charge in [-0.1, -0.05) is 11.6 Å². The first-order valence-electron chi connectivity index (χ1n) is 5.17. The highest BCUT2D eigenvalue weighted by Gasteiger charge is 2.03. The number of hydrogen-bond acceptors (Lipinski definition) is 3. The van der Waals surface area contributed by atoms with Crippen molar-refractivity contribution in [2.24, 2.45) is 0 Å². The zero-order valence-electron chi connectivity index (χ0n) is 9.02. The Balaban J connectivity index is 2.15. The van der Waals surface area contributed by atoms with Crippen LogP contribution in [0.5, 0.6) is 0 Å². The van der Waals surface area contributed by atoms with Gasteiger partial charge in [-0.25, -0.2) is 4.98 Å². The van der Waals surface area contributed by atoms with E-state index in [1.54, 1.807) is 13.1 Å². The molecular formula is C11H14ClN3O. The molecule has 0 saturated heterocycles. The minimum Gasteiger partial charge on any atom is -0.392 e. The number of fused-ring (bicyclic) bond motifs is 1. The Labute approximate surface area is 98.9 Å². The lowest BCUT2D eigenvalue weighted by molar-refractivity contribution is 0.191. The molecule has 0 aliphatic heterocycles. The summed E-state index contributed by atoms with van der Waals surface area (Å²) in [6.45, 7) is 2.97. The summed E-state index contributed by atoms with van der Waals surface area (Å²) in [7, 11) is 0. The predicted molar refractivity (Wildman–Crippen MR) is 63.6 cm³/mol. The second-order valence-corrected chi connectivity index (χ2v) is 4.24. The molecule has 5 heteroatoms. The molecule has 16 heavy (non-hydrogen) atoms. The van der Waals surface area contributed by atoms with Gasteiger partial charge in [-0.3, -0.25) is 0 Å². The van der Waals surface area contributed by atoms with Crippen LogP contribution in [-0.4, -0.2) is 27.1 Å². The van der Waals surface area contributed by atoms with Crippen LogP contribution < -0.4 is 5.32 Å². The SMILES string of the molecule is C[C@@H](O)CNCc1cnc2ccc(Cl)cn12. The fourth-order valence-corrected chi connectivity index (χ4v) is 1.71. The summed E-state index contributed by atoms with van der Waals surface area (Å²) in [4.78, 5) is 4.26. The van der Waals surface area contributed by atoms with Gasteiger partial charge in [-0.2, -0.15) is 0 Å². The van der Waals surface area contributed by atoms with E-state index in [9.17, 15) is 0 Å². The lowest BCUT2D eigenvalue weighted by Gasteiger charge is -2.06. The molecule has 0 saturated carbocycles. The van der Waals surface area contributed by atoms with E-state index in [0.717, 1.165) is 11.3 Å². The van der Waals surface area contributed by atoms with Crippen LogP contribution in [0.4, 0.5) is 0 Å². The summed E-state index contributed by atoms with van der Waals surface area (Å²) in [5, 5.41) is 13.0. The molecule has 0 unspecified atom stereocenters. The third-order valence-electron chi connectivity index (χ3n) is 2.29. The van der Waals surface area contributed by atoms with Crippen molar-refractivity contribution in [1.29, 1.82) is 0 Å². The van der Waals surface area contributed by atoms with Gasteiger partial charge in [-0.15, -0.1) is 0 Å². The van der Waals surface area contributed by atoms with Gasteiger partial charge >= 0.3 is 0 Å². The standard InChI is InChI=1S/C11H14ClN3O/c1-8(16)4-13-5-10-6-14-11-3-2-9(12)7-15(10)11/h2-3,6-8,13,16H,4-5H2,1H3/t8-/m1/s1. The number of imidazole rings is 1. The van der Waals surface area contributed by atoms with Crippen LogP contribution in [0.2, 0.25) is 5.02 Å². The molecule has 86 valence electrons. The number of rotatable bonds is 4. The molecule has 0 fully saturated rings. The number of halogens is 1. The number of aliphatic hydroxyl groups is 1. The first kappa shape index (κ1) is 11.4. The molecule has 0 aliphatic carbocycles. The average Bonchev–Trinajstić information content (AvgIpc) is 2.60. The van der Waals surface area contributed by atoms with Crippen molar-refractivity contribution < 1.29 is 5.11 Å². The van der Waals surface area contributed by atoms with Crippen LogP contribution in [-0.2, 0) is 6.54 Å². The summed E-state index contributed by atoms with van der Waals surface area (Å²) < 4.78 is 1.94. The van der Waals surface area contributed by atoms with E-state index >= 15 is 0 Å². The molecule has 4 nitrogen and oxygen atoms in total. The molecule has 0 aliphatic rings. The van der Waals surface area contributed by atoms with Gasteiger partial charge in [0.25, 0.3) is 0 Å². The van der Waals surface area contributed by atoms with Crippen molar-refractivity contribution in [3.63, 3.8) is 0 Å². The Kier molecular flexibility index (Phi) is 3.43. The molecule has 2 aromatic heterocycles. The molecule has 0 amide bonds. The van der Waals surface area contributed by atoms with Crippen molar-refractivity contribution in [2.75, 3.05) is 6.54 Å². The second-order valence-electron chi connectivity index (χ2n) is 3.80. The molecule has 0 spiro atoms. The van der Waals surface area contributed by atoms with Crippen molar-refractivity contribution in [3.05, 3.63) is 35.2 Å². The van der Waals surface area contributed by atoms with Gasteiger partial charge in [-0.05, 0) is 19.1 Å². The molecule has 2 rings (SSSR count). The number of aliphatic hydroxyl groups excluding tert-OH is 1. The minimum atomic E-state index is -0.345. The fourth-order valence-electron chi connectivity index (χ4n) is 1.55. The molecule has 2 heterocycles. The van der Waals surface area contributed by atoms with Crippen LogP contribution in [0.3, 0.4) is 0 Å². The first-order chi connectivity index (χ1) is 7.66. The van der Waals surface area contributed by atoms with Gasteiger partial charge < -0.3 is 14.8 Å². The Morgan fingerprint density at radius 2 is 2.38 bits per heavy atom. The minimum absolute atomic E-state index is 0.345. The van der Waals surface area contributed by atoms with Crippen molar-refractivity contribution in [3.8, 4) is 0 Å². The number of aromatic nitrogens is 2. The first-order valence-corrected chi connectivity index (χ1v) is 5.55. The van der Waals surface area contributed by atoms with Crippen LogP contribution >= 0.6 is 11.6 Å². The Morgan fingerprint density at radius 1 is 1.56 bits per heavy atom. The topological polar surface area (TPSA) is 49.6 Å². The second kappa shape index (κ2) is 4.82. The lowest BCUT2D eigenvalue weighted by atomic mass is 10.4. The van der Waals surface area contributed by atoms with Gasteiger partial charge in [0.2, 0.25) is 0 Å². The maximum absolute atomic E-state index is 9.13. The Hall–Kier alpha value is -1.10. The maximum atomic E-state index is 9.13. The van der Waals surface area contributed by atoms with Crippen LogP contribution in [0.15, 0.2) is 24.5 Å². The Bertz CT molecular complexity index is 481. The van der Waals surface area contributed by atoms with Crippen molar-refractivity contribution in [2.45, 2.75) is 19.6 Å². The molecule has 2 aromatic rings. The largest absolute Gasteiger partial charge is 0.392 e. The van der Waals surface area contributed by atoms with E-state index in [4.69, 9.17) is 16.7 Å². The van der Waals surface area contributed by atoms with E-state index in [1.807, 2.05) is 22.7 Å². The maximum Gasteiger partial charge on any atom is 0.137 e. The summed E-state index contributed by atoms with van der Waals surface area (Å²) in [5.41, 5.74) is 1.90. The molecule has 0 radical (unpaired) electrons. The highest BCUT2D eigenvalue weighted by molar-refractivity contribution is 6.30. The smallest absolute Gasteiger partial charge is 0.137 e. The van der Waals surface area contributed by atoms with E-state index in [0.29, 0.717) is 18.1 Å². The molecule has 2 N–H and O–H groups in total. The molecule has 0 aromatic carbocycles. The Morgan fingerprint density at radius 3 is 3.12 bits per heavy atom. The molecule has 1 atom stereocenters. The average molecular weight is 240 g/mol. The normalized spacial score (nSPS) is 13.2. The van der Waals surface area contributed by atoms with Gasteiger partial charge in [0.15, 0.2) is 0 Å². The number of hydrogen-bond donors (Lipinski definition) is 2. The zero-order chi connectivity index (χ0) is 11.5. The summed E-state index contributed by atoms with van der Waals surface area (Å²) in [6, 6.07) is 3.69. The monoisotopic (exact) mass is 239 g/mol. The van der Waals surface area contributed by atoms with E-state index < -0.39 is 0 Å². The third-order valence-corrected chi connectivity index (χ3v) is 2.52. The quantitative estimate of drug-likeness (QED) is 0.849. The zero-order valence-corrected chi connectivity index (χ0v) is 9.78. The van der Waals surface area contributed by atoms with Crippen LogP contribution in [0.25, 0.3) is 5.65 Å². The van der Waals surface area contributed by atoms with Crippen LogP contribution in [0.1, 0.15) is 12.6 Å². The molecular weight excluding hydrogens is 226 g/mol. The van der Waals surface area contributed by atoms with E-state index in [2.05, 4.69) is 10.3 Å². The number of pyridine rings is 1. The van der Waals surface area contributed by atoms with Crippen LogP contribution in [0, 0.1) is 0 Å². The predicted octanol–water partition coefficient (Wildman–Crippen LogP) is 1.46. The van der Waals surface area contributed by atoms with E-state index in [-0.39, 0.29) is 6.10 Å². The number of nitrogens with zero attached hydrogens (tertiary/aromatic N) is 2. The van der Waals surface area contributed by atoms with E-state index in [1.165, 1.54) is 0 Å². The van der Waals surface area contributed by atoms with Crippen molar-refractivity contribution >= 4 is 17.2 Å². The van der Waals surface area contributed by atoms with Gasteiger partial charge in [0.05, 0.1) is 23.0 Å². The molecule has 0 bridgehead atoms. The lowest BCUT2D eigenvalue weighted by Crippen LogP contribution is -2.24. The highest BCUT2D eigenvalue weighted by atomic mass is 35.5. The summed E-state index contributed by atoms with van der Waals surface area (Å²) in [5.74, 6) is 0. The summed E-state index contributed by atoms with van der Waals surface area (Å²) >= 11 is 5.92. The third kappa shape index (κ3) is 2.52. The fraction of sp³-hybridized carbons (Fsp3) is 0.364. The number of nitrogens with one attached hydrogen (secondary N) is 1. The van der Waals surface area contributed by atoms with Crippen molar-refractivity contribution in [1.82, 2.24) is 14.7 Å². The van der Waals surface area contributed by atoms with Gasteiger partial charge in [0.1, 0.15) is 5.65 Å². The van der Waals surface area contributed by atoms with Gasteiger partial charge in [0, 0.05) is 19.3 Å².